The van der Waals surface area contributed by atoms with Crippen molar-refractivity contribution in [3.63, 3.8) is 0 Å². The number of allylic oxidation sites excluding steroid dienone is 14. The molecule has 0 aromatic carbocycles. The molecular weight excluding hydrogens is 987 g/mol. The molecule has 0 saturated carbocycles. The lowest BCUT2D eigenvalue weighted by Crippen LogP contribution is -2.45. The monoisotopic (exact) mass is 1130 g/mol. The molecule has 4 nitrogen and oxygen atoms in total. The van der Waals surface area contributed by atoms with Crippen LogP contribution in [0.25, 0.3) is 0 Å². The van der Waals surface area contributed by atoms with Crippen molar-refractivity contribution in [3.8, 4) is 0 Å². The molecule has 2 unspecified atom stereocenters. The Morgan fingerprint density at radius 3 is 0.815 bits per heavy atom. The number of carbonyl (C=O) groups is 1. The number of hydrogen-bond donors (Lipinski definition) is 3. The van der Waals surface area contributed by atoms with Gasteiger partial charge in [0.15, 0.2) is 0 Å². The quantitative estimate of drug-likeness (QED) is 0.0420. The molecule has 0 heterocycles. The molecule has 81 heavy (non-hydrogen) atoms. The first kappa shape index (κ1) is 78.6. The number of rotatable bonds is 67. The third-order valence-corrected chi connectivity index (χ3v) is 16.7. The van der Waals surface area contributed by atoms with Gasteiger partial charge < -0.3 is 15.5 Å². The standard InChI is InChI=1S/C77H141NO3/c1-3-5-7-9-11-13-15-17-19-21-23-25-27-29-31-33-35-37-38-39-40-41-43-45-47-49-51-53-55-57-59-61-63-65-67-69-71-73-77(81)78-75(74-79)76(80)72-70-68-66-64-62-60-58-56-54-52-50-48-46-44-42-36-34-32-30-28-26-24-22-20-18-16-14-12-10-8-6-4-2/h5,7,11,13,17,19,23,25,29,31,35,37,39-40,75-76,79-80H,3-4,6,8-10,12,14-16,18,20-22,24,26-28,30,32-34,36,38,41-74H2,1-2H3,(H,78,81)/b7-5-,13-11-,19-17-,25-23-,31-29-,37-35-,40-39-. The molecule has 4 heteroatoms. The first-order valence-corrected chi connectivity index (χ1v) is 36.3. The van der Waals surface area contributed by atoms with E-state index in [1.807, 2.05) is 0 Å². The highest BCUT2D eigenvalue weighted by molar-refractivity contribution is 5.76. The maximum atomic E-state index is 12.6. The smallest absolute Gasteiger partial charge is 0.220 e. The van der Waals surface area contributed by atoms with Crippen molar-refractivity contribution in [2.24, 2.45) is 0 Å². The van der Waals surface area contributed by atoms with Crippen molar-refractivity contribution in [2.75, 3.05) is 6.61 Å². The van der Waals surface area contributed by atoms with Crippen LogP contribution in [0.2, 0.25) is 0 Å². The highest BCUT2D eigenvalue weighted by Crippen LogP contribution is 2.19. The predicted molar refractivity (Wildman–Crippen MR) is 364 cm³/mol. The molecule has 0 bridgehead atoms. The van der Waals surface area contributed by atoms with Crippen molar-refractivity contribution in [1.29, 1.82) is 0 Å². The molecule has 472 valence electrons. The summed E-state index contributed by atoms with van der Waals surface area (Å²) in [7, 11) is 0. The van der Waals surface area contributed by atoms with Gasteiger partial charge in [0.05, 0.1) is 18.8 Å². The van der Waals surface area contributed by atoms with Crippen LogP contribution in [0, 0.1) is 0 Å². The molecule has 0 saturated heterocycles. The zero-order chi connectivity index (χ0) is 58.4. The van der Waals surface area contributed by atoms with Gasteiger partial charge >= 0.3 is 0 Å². The summed E-state index contributed by atoms with van der Waals surface area (Å²) in [5.41, 5.74) is 0. The second-order valence-electron chi connectivity index (χ2n) is 24.6. The van der Waals surface area contributed by atoms with Crippen LogP contribution in [0.5, 0.6) is 0 Å². The SMILES string of the molecule is CC/C=C\C/C=C\C/C=C\C/C=C\C/C=C\C/C=C\C/C=C\CCCCCCCCCCCCCCCCCC(=O)NC(CO)C(O)CCCCCCCCCCCCCCCCCCCCCCCCCCCCCCCCCC. The Labute approximate surface area is 507 Å². The lowest BCUT2D eigenvalue weighted by atomic mass is 10.0. The van der Waals surface area contributed by atoms with Crippen LogP contribution < -0.4 is 5.32 Å². The summed E-state index contributed by atoms with van der Waals surface area (Å²) in [4.78, 5) is 12.6. The van der Waals surface area contributed by atoms with Gasteiger partial charge in [-0.25, -0.2) is 0 Å². The highest BCUT2D eigenvalue weighted by atomic mass is 16.3. The van der Waals surface area contributed by atoms with Crippen LogP contribution in [-0.4, -0.2) is 34.9 Å². The zero-order valence-electron chi connectivity index (χ0n) is 54.6. The summed E-state index contributed by atoms with van der Waals surface area (Å²) in [6.07, 6.45) is 105. The van der Waals surface area contributed by atoms with Gasteiger partial charge in [0, 0.05) is 6.42 Å². The van der Waals surface area contributed by atoms with Crippen LogP contribution in [0.1, 0.15) is 380 Å². The lowest BCUT2D eigenvalue weighted by molar-refractivity contribution is -0.123. The van der Waals surface area contributed by atoms with Crippen molar-refractivity contribution in [3.05, 3.63) is 85.1 Å². The topological polar surface area (TPSA) is 69.6 Å². The Bertz CT molecular complexity index is 1420. The first-order valence-electron chi connectivity index (χ1n) is 36.3. The number of unbranched alkanes of at least 4 members (excludes halogenated alkanes) is 46. The van der Waals surface area contributed by atoms with E-state index in [9.17, 15) is 15.0 Å². The molecule has 0 spiro atoms. The molecule has 0 fully saturated rings. The van der Waals surface area contributed by atoms with Crippen LogP contribution in [0.3, 0.4) is 0 Å². The Hall–Kier alpha value is -2.43. The lowest BCUT2D eigenvalue weighted by Gasteiger charge is -2.22. The van der Waals surface area contributed by atoms with E-state index in [2.05, 4.69) is 104 Å². The van der Waals surface area contributed by atoms with Crippen LogP contribution in [0.15, 0.2) is 85.1 Å². The largest absolute Gasteiger partial charge is 0.394 e. The van der Waals surface area contributed by atoms with Crippen LogP contribution in [-0.2, 0) is 4.79 Å². The van der Waals surface area contributed by atoms with E-state index in [4.69, 9.17) is 0 Å². The Morgan fingerprint density at radius 1 is 0.309 bits per heavy atom. The van der Waals surface area contributed by atoms with E-state index in [0.29, 0.717) is 12.8 Å². The minimum atomic E-state index is -0.665. The van der Waals surface area contributed by atoms with Crippen molar-refractivity contribution >= 4 is 5.91 Å². The normalized spacial score (nSPS) is 13.2. The summed E-state index contributed by atoms with van der Waals surface area (Å²) < 4.78 is 0. The minimum absolute atomic E-state index is 0.0281. The number of amides is 1. The summed E-state index contributed by atoms with van der Waals surface area (Å²) in [5.74, 6) is -0.0281. The van der Waals surface area contributed by atoms with E-state index >= 15 is 0 Å². The van der Waals surface area contributed by atoms with E-state index in [1.54, 1.807) is 0 Å². The van der Waals surface area contributed by atoms with Gasteiger partial charge in [0.25, 0.3) is 0 Å². The molecular formula is C77H141NO3. The first-order chi connectivity index (χ1) is 40.2. The van der Waals surface area contributed by atoms with Crippen LogP contribution >= 0.6 is 0 Å². The van der Waals surface area contributed by atoms with E-state index in [1.165, 1.54) is 283 Å². The van der Waals surface area contributed by atoms with Gasteiger partial charge in [-0.2, -0.15) is 0 Å². The fourth-order valence-corrected chi connectivity index (χ4v) is 11.2. The van der Waals surface area contributed by atoms with E-state index < -0.39 is 12.1 Å². The molecule has 0 aliphatic heterocycles. The maximum absolute atomic E-state index is 12.6. The predicted octanol–water partition coefficient (Wildman–Crippen LogP) is 25.0. The van der Waals surface area contributed by atoms with E-state index in [0.717, 1.165) is 70.6 Å². The summed E-state index contributed by atoms with van der Waals surface area (Å²) in [5, 5.41) is 23.5. The third kappa shape index (κ3) is 68.2. The zero-order valence-corrected chi connectivity index (χ0v) is 54.6. The molecule has 0 aromatic rings. The summed E-state index contributed by atoms with van der Waals surface area (Å²) in [6, 6.07) is -0.542. The van der Waals surface area contributed by atoms with Crippen LogP contribution in [0.4, 0.5) is 0 Å². The number of hydrogen-bond acceptors (Lipinski definition) is 3. The Kier molecular flexibility index (Phi) is 69.7. The summed E-state index contributed by atoms with van der Waals surface area (Å²) >= 11 is 0. The Morgan fingerprint density at radius 2 is 0.543 bits per heavy atom. The van der Waals surface area contributed by atoms with E-state index in [-0.39, 0.29) is 12.5 Å². The van der Waals surface area contributed by atoms with Crippen molar-refractivity contribution in [1.82, 2.24) is 5.32 Å². The molecule has 0 rings (SSSR count). The van der Waals surface area contributed by atoms with Crippen molar-refractivity contribution in [2.45, 2.75) is 392 Å². The number of aliphatic hydroxyl groups excluding tert-OH is 2. The van der Waals surface area contributed by atoms with Gasteiger partial charge in [-0.15, -0.1) is 0 Å². The molecule has 3 N–H and O–H groups in total. The Balaban J connectivity index is 3.44. The molecule has 1 amide bonds. The van der Waals surface area contributed by atoms with Gasteiger partial charge in [0.2, 0.25) is 5.91 Å². The number of nitrogens with one attached hydrogen (secondary N) is 1. The van der Waals surface area contributed by atoms with Gasteiger partial charge in [-0.3, -0.25) is 4.79 Å². The average molecular weight is 1130 g/mol. The number of carbonyl (C=O) groups excluding carboxylic acids is 1. The summed E-state index contributed by atoms with van der Waals surface area (Å²) in [6.45, 7) is 4.28. The van der Waals surface area contributed by atoms with Gasteiger partial charge in [-0.05, 0) is 70.6 Å². The van der Waals surface area contributed by atoms with Gasteiger partial charge in [-0.1, -0.05) is 388 Å². The molecule has 0 radical (unpaired) electrons. The van der Waals surface area contributed by atoms with Gasteiger partial charge in [0.1, 0.15) is 0 Å². The second kappa shape index (κ2) is 71.8. The minimum Gasteiger partial charge on any atom is -0.394 e. The molecule has 0 aliphatic carbocycles. The molecule has 0 aromatic heterocycles. The van der Waals surface area contributed by atoms with Crippen molar-refractivity contribution < 1.29 is 15.0 Å². The fourth-order valence-electron chi connectivity index (χ4n) is 11.2. The number of aliphatic hydroxyl groups is 2. The molecule has 2 atom stereocenters. The third-order valence-electron chi connectivity index (χ3n) is 16.7. The second-order valence-corrected chi connectivity index (χ2v) is 24.6. The maximum Gasteiger partial charge on any atom is 0.220 e. The molecule has 0 aliphatic rings. The highest BCUT2D eigenvalue weighted by Gasteiger charge is 2.20. The fraction of sp³-hybridized carbons (Fsp3) is 0.805. The average Bonchev–Trinajstić information content (AvgIpc) is 3.47.